The van der Waals surface area contributed by atoms with Crippen molar-refractivity contribution in [3.8, 4) is 0 Å². The van der Waals surface area contributed by atoms with Gasteiger partial charge < -0.3 is 5.32 Å². The number of rotatable bonds is 1. The van der Waals surface area contributed by atoms with Crippen LogP contribution in [-0.2, 0) is 14.9 Å². The normalized spacial score (nSPS) is 16.2. The lowest BCUT2D eigenvalue weighted by molar-refractivity contribution is -0.114. The van der Waals surface area contributed by atoms with Crippen molar-refractivity contribution in [3.63, 3.8) is 0 Å². The smallest absolute Gasteiger partial charge is 0.294 e. The van der Waals surface area contributed by atoms with Crippen molar-refractivity contribution >= 4 is 33.4 Å². The van der Waals surface area contributed by atoms with Gasteiger partial charge in [-0.25, -0.2) is 0 Å². The van der Waals surface area contributed by atoms with Crippen LogP contribution in [0.2, 0.25) is 0 Å². The van der Waals surface area contributed by atoms with Crippen LogP contribution in [0.25, 0.3) is 0 Å². The molecule has 0 saturated heterocycles. The van der Waals surface area contributed by atoms with Gasteiger partial charge in [-0.15, -0.1) is 11.8 Å². The van der Waals surface area contributed by atoms with Crippen LogP contribution in [0.3, 0.4) is 0 Å². The van der Waals surface area contributed by atoms with Crippen molar-refractivity contribution in [2.75, 3.05) is 17.6 Å². The molecule has 0 aromatic heterocycles. The number of carbonyl (C=O) groups is 1. The van der Waals surface area contributed by atoms with E-state index in [0.29, 0.717) is 11.4 Å². The zero-order chi connectivity index (χ0) is 11.8. The number of anilines is 1. The number of hydrogen-bond acceptors (Lipinski definition) is 5. The molecule has 2 N–H and O–H groups in total. The van der Waals surface area contributed by atoms with Crippen LogP contribution in [0.5, 0.6) is 0 Å². The Hall–Kier alpha value is -1.05. The standard InChI is InChI=1S/C9H9NO4S2/c11-6-4-10-8-3-7(16(12,13)14)1-2-9(8)15-5-6/h1-3,10H,4-5H2,(H,12,13,14). The highest BCUT2D eigenvalue weighted by Gasteiger charge is 2.16. The highest BCUT2D eigenvalue weighted by atomic mass is 32.2. The molecule has 86 valence electrons. The molecule has 2 rings (SSSR count). The zero-order valence-corrected chi connectivity index (χ0v) is 9.77. The molecule has 1 aromatic rings. The summed E-state index contributed by atoms with van der Waals surface area (Å²) in [4.78, 5) is 11.8. The second-order valence-electron chi connectivity index (χ2n) is 3.31. The molecular formula is C9H9NO4S2. The summed E-state index contributed by atoms with van der Waals surface area (Å²) in [6.45, 7) is 0.176. The lowest BCUT2D eigenvalue weighted by Gasteiger charge is -2.07. The number of nitrogens with one attached hydrogen (secondary N) is 1. The number of thioether (sulfide) groups is 1. The average molecular weight is 259 g/mol. The molecule has 1 aromatic carbocycles. The first kappa shape index (κ1) is 11.4. The number of carbonyl (C=O) groups excluding carboxylic acids is 1. The SMILES string of the molecule is O=C1CNc2cc(S(=O)(=O)O)ccc2SC1. The van der Waals surface area contributed by atoms with Gasteiger partial charge in [0, 0.05) is 10.6 Å². The zero-order valence-electron chi connectivity index (χ0n) is 8.13. The van der Waals surface area contributed by atoms with Gasteiger partial charge in [0.2, 0.25) is 0 Å². The lowest BCUT2D eigenvalue weighted by atomic mass is 10.3. The van der Waals surface area contributed by atoms with Gasteiger partial charge in [-0.05, 0) is 18.2 Å². The van der Waals surface area contributed by atoms with Crippen molar-refractivity contribution in [1.29, 1.82) is 0 Å². The highest BCUT2D eigenvalue weighted by Crippen LogP contribution is 2.31. The molecular weight excluding hydrogens is 250 g/mol. The monoisotopic (exact) mass is 259 g/mol. The molecule has 0 amide bonds. The Kier molecular flexibility index (Phi) is 2.92. The van der Waals surface area contributed by atoms with Crippen LogP contribution in [0.1, 0.15) is 0 Å². The predicted octanol–water partition coefficient (Wildman–Crippen LogP) is 1.02. The van der Waals surface area contributed by atoms with Gasteiger partial charge in [0.05, 0.1) is 17.2 Å². The van der Waals surface area contributed by atoms with E-state index < -0.39 is 10.1 Å². The van der Waals surface area contributed by atoms with E-state index in [4.69, 9.17) is 4.55 Å². The van der Waals surface area contributed by atoms with Crippen LogP contribution >= 0.6 is 11.8 Å². The number of fused-ring (bicyclic) bond motifs is 1. The van der Waals surface area contributed by atoms with Gasteiger partial charge in [-0.1, -0.05) is 0 Å². The molecule has 0 unspecified atom stereocenters. The summed E-state index contributed by atoms with van der Waals surface area (Å²) >= 11 is 1.35. The van der Waals surface area contributed by atoms with E-state index in [0.717, 1.165) is 4.90 Å². The second kappa shape index (κ2) is 4.08. The Bertz CT molecular complexity index is 538. The maximum atomic E-state index is 11.2. The minimum Gasteiger partial charge on any atom is -0.377 e. The van der Waals surface area contributed by atoms with Crippen molar-refractivity contribution in [2.45, 2.75) is 9.79 Å². The summed E-state index contributed by atoms with van der Waals surface area (Å²) in [6, 6.07) is 4.23. The fourth-order valence-corrected chi connectivity index (χ4v) is 2.71. The molecule has 0 bridgehead atoms. The molecule has 0 radical (unpaired) electrons. The Labute approximate surface area is 97.0 Å². The van der Waals surface area contributed by atoms with E-state index in [9.17, 15) is 13.2 Å². The van der Waals surface area contributed by atoms with Crippen molar-refractivity contribution in [2.24, 2.45) is 0 Å². The first-order chi connectivity index (χ1) is 7.47. The quantitative estimate of drug-likeness (QED) is 0.733. The van der Waals surface area contributed by atoms with E-state index >= 15 is 0 Å². The summed E-state index contributed by atoms with van der Waals surface area (Å²) in [5.41, 5.74) is 0.561. The Balaban J connectivity index is 2.43. The van der Waals surface area contributed by atoms with Crippen LogP contribution in [0, 0.1) is 0 Å². The molecule has 1 aliphatic rings. The minimum atomic E-state index is -4.20. The number of hydrogen-bond donors (Lipinski definition) is 2. The van der Waals surface area contributed by atoms with Gasteiger partial charge in [-0.3, -0.25) is 9.35 Å². The van der Waals surface area contributed by atoms with Gasteiger partial charge in [0.25, 0.3) is 10.1 Å². The maximum Gasteiger partial charge on any atom is 0.294 e. The van der Waals surface area contributed by atoms with Crippen LogP contribution in [0.4, 0.5) is 5.69 Å². The summed E-state index contributed by atoms with van der Waals surface area (Å²) in [7, 11) is -4.20. The topological polar surface area (TPSA) is 83.5 Å². The minimum absolute atomic E-state index is 0.0506. The summed E-state index contributed by atoms with van der Waals surface area (Å²) < 4.78 is 30.7. The number of benzene rings is 1. The molecule has 1 heterocycles. The first-order valence-electron chi connectivity index (χ1n) is 4.47. The Morgan fingerprint density at radius 1 is 1.38 bits per heavy atom. The third kappa shape index (κ3) is 2.37. The highest BCUT2D eigenvalue weighted by molar-refractivity contribution is 8.00. The molecule has 0 aliphatic carbocycles. The summed E-state index contributed by atoms with van der Waals surface area (Å²) in [5, 5.41) is 2.84. The third-order valence-corrected chi connectivity index (χ3v) is 4.10. The van der Waals surface area contributed by atoms with Gasteiger partial charge in [-0.2, -0.15) is 8.42 Å². The largest absolute Gasteiger partial charge is 0.377 e. The fourth-order valence-electron chi connectivity index (χ4n) is 1.34. The molecule has 0 fully saturated rings. The molecule has 0 spiro atoms. The maximum absolute atomic E-state index is 11.2. The number of ketones is 1. The van der Waals surface area contributed by atoms with Crippen LogP contribution in [0.15, 0.2) is 28.0 Å². The van der Waals surface area contributed by atoms with Crippen LogP contribution in [-0.4, -0.2) is 31.1 Å². The molecule has 1 aliphatic heterocycles. The summed E-state index contributed by atoms with van der Waals surface area (Å²) in [5.74, 6) is 0.417. The summed E-state index contributed by atoms with van der Waals surface area (Å²) in [6.07, 6.45) is 0. The molecule has 0 atom stereocenters. The van der Waals surface area contributed by atoms with E-state index in [1.165, 1.54) is 23.9 Å². The lowest BCUT2D eigenvalue weighted by Crippen LogP contribution is -2.13. The number of Topliss-reactive ketones (excluding diaryl/α,β-unsaturated/α-hetero) is 1. The van der Waals surface area contributed by atoms with E-state index in [-0.39, 0.29) is 17.2 Å². The first-order valence-corrected chi connectivity index (χ1v) is 6.89. The van der Waals surface area contributed by atoms with E-state index in [1.54, 1.807) is 6.07 Å². The molecule has 5 nitrogen and oxygen atoms in total. The molecule has 0 saturated carbocycles. The predicted molar refractivity (Wildman–Crippen MR) is 60.5 cm³/mol. The van der Waals surface area contributed by atoms with E-state index in [1.807, 2.05) is 0 Å². The van der Waals surface area contributed by atoms with Crippen molar-refractivity contribution in [1.82, 2.24) is 0 Å². The Morgan fingerprint density at radius 3 is 2.81 bits per heavy atom. The van der Waals surface area contributed by atoms with Crippen LogP contribution < -0.4 is 5.32 Å². The average Bonchev–Trinajstić information content (AvgIpc) is 2.39. The third-order valence-electron chi connectivity index (χ3n) is 2.11. The molecule has 16 heavy (non-hydrogen) atoms. The molecule has 7 heteroatoms. The fraction of sp³-hybridized carbons (Fsp3) is 0.222. The second-order valence-corrected chi connectivity index (χ2v) is 5.75. The van der Waals surface area contributed by atoms with Gasteiger partial charge in [0.1, 0.15) is 0 Å². The van der Waals surface area contributed by atoms with Gasteiger partial charge in [0.15, 0.2) is 5.78 Å². The van der Waals surface area contributed by atoms with E-state index in [2.05, 4.69) is 5.32 Å². The van der Waals surface area contributed by atoms with Crippen molar-refractivity contribution in [3.05, 3.63) is 18.2 Å². The Morgan fingerprint density at radius 2 is 2.12 bits per heavy atom. The van der Waals surface area contributed by atoms with Gasteiger partial charge >= 0.3 is 0 Å². The van der Waals surface area contributed by atoms with Crippen molar-refractivity contribution < 1.29 is 17.8 Å².